The van der Waals surface area contributed by atoms with Gasteiger partial charge in [0.1, 0.15) is 5.82 Å². The summed E-state index contributed by atoms with van der Waals surface area (Å²) >= 11 is 5.89. The monoisotopic (exact) mass is 449 g/mol. The molecule has 1 aliphatic heterocycles. The second-order valence-corrected chi connectivity index (χ2v) is 10.2. The Morgan fingerprint density at radius 3 is 2.73 bits per heavy atom. The van der Waals surface area contributed by atoms with Crippen LogP contribution in [-0.4, -0.2) is 44.6 Å². The van der Waals surface area contributed by atoms with Crippen molar-refractivity contribution in [3.05, 3.63) is 58.1 Å². The standard InChI is InChI=1S/C22H25ClFN3O2S/c1-27(22(28)14-6-8-30(29)9-7-14)13-17-4-3-16(12-25-17)26-18-10-15-2-5-20(23)21(24)19(15)11-18/h2-5,12,14,18,26H,6-11,13H2,1H3. The molecule has 8 heteroatoms. The summed E-state index contributed by atoms with van der Waals surface area (Å²) in [6.07, 6.45) is 4.48. The van der Waals surface area contributed by atoms with Crippen LogP contribution >= 0.6 is 11.6 Å². The molecule has 1 aromatic carbocycles. The number of hydrogen-bond acceptors (Lipinski definition) is 4. The Hall–Kier alpha value is -1.99. The molecule has 2 aromatic rings. The number of amides is 1. The topological polar surface area (TPSA) is 62.3 Å². The van der Waals surface area contributed by atoms with Gasteiger partial charge in [0.15, 0.2) is 0 Å². The molecule has 1 unspecified atom stereocenters. The highest BCUT2D eigenvalue weighted by atomic mass is 35.5. The predicted octanol–water partition coefficient (Wildman–Crippen LogP) is 3.57. The zero-order valence-corrected chi connectivity index (χ0v) is 18.4. The molecule has 0 bridgehead atoms. The average molecular weight is 450 g/mol. The summed E-state index contributed by atoms with van der Waals surface area (Å²) in [6, 6.07) is 7.44. The number of pyridine rings is 1. The van der Waals surface area contributed by atoms with E-state index in [1.807, 2.05) is 18.2 Å². The van der Waals surface area contributed by atoms with Gasteiger partial charge >= 0.3 is 0 Å². The lowest BCUT2D eigenvalue weighted by Crippen LogP contribution is -2.36. The first-order valence-electron chi connectivity index (χ1n) is 10.2. The SMILES string of the molecule is CN(Cc1ccc(NC2Cc3ccc(Cl)c(F)c3C2)cn1)C(=O)C1CCS(=O)CC1. The van der Waals surface area contributed by atoms with Gasteiger partial charge in [0.2, 0.25) is 5.91 Å². The fourth-order valence-electron chi connectivity index (χ4n) is 4.24. The van der Waals surface area contributed by atoms with Crippen molar-refractivity contribution >= 4 is 34.0 Å². The summed E-state index contributed by atoms with van der Waals surface area (Å²) in [7, 11) is 1.02. The predicted molar refractivity (Wildman–Crippen MR) is 118 cm³/mol. The van der Waals surface area contributed by atoms with Gasteiger partial charge in [-0.15, -0.1) is 0 Å². The Morgan fingerprint density at radius 1 is 1.27 bits per heavy atom. The van der Waals surface area contributed by atoms with Gasteiger partial charge in [0, 0.05) is 41.3 Å². The minimum atomic E-state index is -0.767. The normalized spacial score (nSPS) is 23.1. The van der Waals surface area contributed by atoms with E-state index in [0.717, 1.165) is 23.4 Å². The molecule has 0 spiro atoms. The van der Waals surface area contributed by atoms with Crippen molar-refractivity contribution in [2.24, 2.45) is 5.92 Å². The average Bonchev–Trinajstić information content (AvgIpc) is 3.15. The Bertz CT molecular complexity index is 960. The van der Waals surface area contributed by atoms with Gasteiger partial charge in [-0.1, -0.05) is 17.7 Å². The number of anilines is 1. The minimum absolute atomic E-state index is 0.0356. The number of benzene rings is 1. The summed E-state index contributed by atoms with van der Waals surface area (Å²) in [5.74, 6) is 0.976. The first-order chi connectivity index (χ1) is 14.4. The van der Waals surface area contributed by atoms with Gasteiger partial charge in [-0.25, -0.2) is 4.39 Å². The van der Waals surface area contributed by atoms with E-state index in [1.165, 1.54) is 0 Å². The summed E-state index contributed by atoms with van der Waals surface area (Å²) < 4.78 is 25.7. The first kappa shape index (κ1) is 21.2. The molecular weight excluding hydrogens is 425 g/mol. The molecule has 1 fully saturated rings. The Labute approximate surface area is 183 Å². The summed E-state index contributed by atoms with van der Waals surface area (Å²) in [5.41, 5.74) is 3.36. The molecule has 0 radical (unpaired) electrons. The first-order valence-corrected chi connectivity index (χ1v) is 12.0. The highest BCUT2D eigenvalue weighted by molar-refractivity contribution is 7.85. The van der Waals surface area contributed by atoms with Crippen molar-refractivity contribution in [1.82, 2.24) is 9.88 Å². The van der Waals surface area contributed by atoms with Crippen LogP contribution in [-0.2, 0) is 35.0 Å². The molecule has 2 aliphatic rings. The van der Waals surface area contributed by atoms with Gasteiger partial charge in [0.05, 0.1) is 29.1 Å². The van der Waals surface area contributed by atoms with Gasteiger partial charge < -0.3 is 10.2 Å². The maximum Gasteiger partial charge on any atom is 0.225 e. The zero-order chi connectivity index (χ0) is 21.3. The van der Waals surface area contributed by atoms with Crippen molar-refractivity contribution < 1.29 is 13.4 Å². The number of carbonyl (C=O) groups is 1. The number of halogens is 2. The second-order valence-electron chi connectivity index (χ2n) is 8.10. The quantitative estimate of drug-likeness (QED) is 0.758. The Kier molecular flexibility index (Phi) is 6.39. The number of rotatable bonds is 5. The zero-order valence-electron chi connectivity index (χ0n) is 16.9. The van der Waals surface area contributed by atoms with Gasteiger partial charge in [-0.3, -0.25) is 14.0 Å². The van der Waals surface area contributed by atoms with Gasteiger partial charge in [-0.2, -0.15) is 0 Å². The van der Waals surface area contributed by atoms with Crippen molar-refractivity contribution in [3.8, 4) is 0 Å². The molecule has 4 rings (SSSR count). The number of nitrogens with zero attached hydrogens (tertiary/aromatic N) is 2. The third-order valence-electron chi connectivity index (χ3n) is 5.92. The number of carbonyl (C=O) groups excluding carboxylic acids is 1. The van der Waals surface area contributed by atoms with E-state index in [9.17, 15) is 13.4 Å². The lowest BCUT2D eigenvalue weighted by molar-refractivity contribution is -0.135. The number of nitrogens with one attached hydrogen (secondary N) is 1. The molecule has 1 aromatic heterocycles. The fourth-order valence-corrected chi connectivity index (χ4v) is 5.72. The van der Waals surface area contributed by atoms with Crippen molar-refractivity contribution in [2.75, 3.05) is 23.9 Å². The summed E-state index contributed by atoms with van der Waals surface area (Å²) in [4.78, 5) is 18.8. The van der Waals surface area contributed by atoms with Crippen LogP contribution in [0.15, 0.2) is 30.5 Å². The summed E-state index contributed by atoms with van der Waals surface area (Å²) in [6.45, 7) is 0.442. The van der Waals surface area contributed by atoms with E-state index in [-0.39, 0.29) is 28.7 Å². The molecule has 1 saturated heterocycles. The van der Waals surface area contributed by atoms with Crippen molar-refractivity contribution in [1.29, 1.82) is 0 Å². The maximum absolute atomic E-state index is 14.2. The Morgan fingerprint density at radius 2 is 2.03 bits per heavy atom. The summed E-state index contributed by atoms with van der Waals surface area (Å²) in [5, 5.41) is 3.58. The molecule has 2 heterocycles. The maximum atomic E-state index is 14.2. The molecule has 1 N–H and O–H groups in total. The molecule has 1 aliphatic carbocycles. The minimum Gasteiger partial charge on any atom is -0.380 e. The van der Waals surface area contributed by atoms with E-state index in [1.54, 1.807) is 24.2 Å². The van der Waals surface area contributed by atoms with E-state index in [0.29, 0.717) is 42.9 Å². The van der Waals surface area contributed by atoms with E-state index < -0.39 is 10.8 Å². The molecule has 1 atom stereocenters. The van der Waals surface area contributed by atoms with Gasteiger partial charge in [-0.05, 0) is 55.0 Å². The fraction of sp³-hybridized carbons (Fsp3) is 0.455. The highest BCUT2D eigenvalue weighted by Gasteiger charge is 2.27. The van der Waals surface area contributed by atoms with Crippen LogP contribution in [0.4, 0.5) is 10.1 Å². The molecule has 5 nitrogen and oxygen atoms in total. The number of fused-ring (bicyclic) bond motifs is 1. The van der Waals surface area contributed by atoms with E-state index in [2.05, 4.69) is 10.3 Å². The second kappa shape index (κ2) is 9.02. The largest absolute Gasteiger partial charge is 0.380 e. The van der Waals surface area contributed by atoms with Crippen LogP contribution in [0.1, 0.15) is 29.7 Å². The van der Waals surface area contributed by atoms with Crippen LogP contribution in [0.3, 0.4) is 0 Å². The highest BCUT2D eigenvalue weighted by Crippen LogP contribution is 2.30. The van der Waals surface area contributed by atoms with Crippen LogP contribution in [0.25, 0.3) is 0 Å². The lowest BCUT2D eigenvalue weighted by Gasteiger charge is -2.26. The lowest BCUT2D eigenvalue weighted by atomic mass is 10.0. The molecule has 30 heavy (non-hydrogen) atoms. The van der Waals surface area contributed by atoms with Crippen LogP contribution in [0, 0.1) is 11.7 Å². The molecular formula is C22H25ClFN3O2S. The third kappa shape index (κ3) is 4.67. The van der Waals surface area contributed by atoms with Crippen LogP contribution in [0.5, 0.6) is 0 Å². The molecule has 0 saturated carbocycles. The van der Waals surface area contributed by atoms with Crippen LogP contribution < -0.4 is 5.32 Å². The third-order valence-corrected chi connectivity index (χ3v) is 7.59. The van der Waals surface area contributed by atoms with Gasteiger partial charge in [0.25, 0.3) is 0 Å². The Balaban J connectivity index is 1.32. The molecule has 1 amide bonds. The van der Waals surface area contributed by atoms with Crippen molar-refractivity contribution in [2.45, 2.75) is 38.3 Å². The number of hydrogen-bond donors (Lipinski definition) is 1. The smallest absolute Gasteiger partial charge is 0.225 e. The van der Waals surface area contributed by atoms with E-state index in [4.69, 9.17) is 11.6 Å². The molecule has 160 valence electrons. The number of aromatic nitrogens is 1. The van der Waals surface area contributed by atoms with Crippen molar-refractivity contribution in [3.63, 3.8) is 0 Å². The van der Waals surface area contributed by atoms with E-state index >= 15 is 0 Å². The van der Waals surface area contributed by atoms with Crippen LogP contribution in [0.2, 0.25) is 5.02 Å².